The maximum absolute atomic E-state index is 5.87. The number of hydrogen-bond donors (Lipinski definition) is 2. The van der Waals surface area contributed by atoms with Crippen molar-refractivity contribution in [2.45, 2.75) is 12.6 Å². The number of nitrogens with one attached hydrogen (secondary N) is 1. The van der Waals surface area contributed by atoms with Crippen LogP contribution in [0.2, 0.25) is 0 Å². The summed E-state index contributed by atoms with van der Waals surface area (Å²) in [5.41, 5.74) is 9.31. The number of nitrogens with two attached hydrogens (primary N) is 1. The molecule has 2 aromatic carbocycles. The van der Waals surface area contributed by atoms with Gasteiger partial charge in [0.2, 0.25) is 0 Å². The molecule has 19 heavy (non-hydrogen) atoms. The lowest BCUT2D eigenvalue weighted by molar-refractivity contribution is 0.914. The molecule has 0 saturated heterocycles. The number of benzene rings is 2. The van der Waals surface area contributed by atoms with E-state index < -0.39 is 0 Å². The summed E-state index contributed by atoms with van der Waals surface area (Å²) in [6.07, 6.45) is 1.74. The van der Waals surface area contributed by atoms with Crippen molar-refractivity contribution >= 4 is 18.1 Å². The van der Waals surface area contributed by atoms with E-state index in [4.69, 9.17) is 5.73 Å². The van der Waals surface area contributed by atoms with Gasteiger partial charge in [0.1, 0.15) is 0 Å². The topological polar surface area (TPSA) is 38.0 Å². The summed E-state index contributed by atoms with van der Waals surface area (Å²) in [4.78, 5) is 0. The molecule has 100 valence electrons. The Morgan fingerprint density at radius 1 is 1.05 bits per heavy atom. The van der Waals surface area contributed by atoms with Gasteiger partial charge in [0.25, 0.3) is 0 Å². The molecule has 2 nitrogen and oxygen atoms in total. The van der Waals surface area contributed by atoms with Gasteiger partial charge in [0.15, 0.2) is 0 Å². The average molecular weight is 275 g/mol. The number of anilines is 1. The zero-order chi connectivity index (χ0) is 12.8. The fourth-order valence-electron chi connectivity index (χ4n) is 1.76. The van der Waals surface area contributed by atoms with Gasteiger partial charge < -0.3 is 11.1 Å². The van der Waals surface area contributed by atoms with Crippen LogP contribution in [-0.4, -0.2) is 0 Å². The maximum atomic E-state index is 5.87. The van der Waals surface area contributed by atoms with Gasteiger partial charge in [-0.3, -0.25) is 0 Å². The van der Waals surface area contributed by atoms with E-state index in [9.17, 15) is 0 Å². The van der Waals surface area contributed by atoms with Crippen molar-refractivity contribution in [2.24, 2.45) is 5.73 Å². The molecule has 0 unspecified atom stereocenters. The first-order valence-corrected chi connectivity index (χ1v) is 6.05. The second-order valence-electron chi connectivity index (χ2n) is 4.22. The summed E-state index contributed by atoms with van der Waals surface area (Å²) in [7, 11) is 0. The number of rotatable bonds is 5. The van der Waals surface area contributed by atoms with Crippen molar-refractivity contribution in [2.75, 3.05) is 5.32 Å². The highest BCUT2D eigenvalue weighted by Crippen LogP contribution is 2.15. The predicted octanol–water partition coefficient (Wildman–Crippen LogP) is 3.91. The number of hydrogen-bond acceptors (Lipinski definition) is 2. The summed E-state index contributed by atoms with van der Waals surface area (Å²) < 4.78 is 0. The monoisotopic (exact) mass is 274 g/mol. The Kier molecular flexibility index (Phi) is 6.13. The molecule has 0 amide bonds. The Hall–Kier alpha value is -1.77. The lowest BCUT2D eigenvalue weighted by Gasteiger charge is -2.09. The van der Waals surface area contributed by atoms with Crippen molar-refractivity contribution in [3.63, 3.8) is 0 Å². The largest absolute Gasteiger partial charge is 0.381 e. The lowest BCUT2D eigenvalue weighted by atomic mass is 10.1. The number of halogens is 1. The molecule has 1 atom stereocenters. The molecule has 2 aromatic rings. The Bertz CT molecular complexity index is 494. The second-order valence-corrected chi connectivity index (χ2v) is 4.22. The molecule has 0 aliphatic carbocycles. The molecule has 0 bridgehead atoms. The van der Waals surface area contributed by atoms with Crippen LogP contribution in [0, 0.1) is 0 Å². The van der Waals surface area contributed by atoms with Gasteiger partial charge >= 0.3 is 0 Å². The van der Waals surface area contributed by atoms with Crippen LogP contribution >= 0.6 is 12.4 Å². The van der Waals surface area contributed by atoms with Crippen LogP contribution in [0.25, 0.3) is 0 Å². The van der Waals surface area contributed by atoms with E-state index in [1.807, 2.05) is 42.5 Å². The molecule has 0 aromatic heterocycles. The Balaban J connectivity index is 0.00000180. The molecule has 0 fully saturated rings. The highest BCUT2D eigenvalue weighted by molar-refractivity contribution is 5.85. The first-order chi connectivity index (χ1) is 8.79. The molecule has 0 radical (unpaired) electrons. The van der Waals surface area contributed by atoms with Crippen LogP contribution in [0.3, 0.4) is 0 Å². The second kappa shape index (κ2) is 7.62. The van der Waals surface area contributed by atoms with E-state index in [2.05, 4.69) is 24.0 Å². The van der Waals surface area contributed by atoms with Crippen molar-refractivity contribution in [3.05, 3.63) is 78.4 Å². The highest BCUT2D eigenvalue weighted by Gasteiger charge is 2.00. The Morgan fingerprint density at radius 3 is 2.26 bits per heavy atom. The van der Waals surface area contributed by atoms with Crippen molar-refractivity contribution in [3.8, 4) is 0 Å². The van der Waals surface area contributed by atoms with Crippen LogP contribution in [0.15, 0.2) is 67.3 Å². The summed E-state index contributed by atoms with van der Waals surface area (Å²) in [5, 5.41) is 3.38. The molecule has 2 rings (SSSR count). The van der Waals surface area contributed by atoms with Crippen LogP contribution in [0.5, 0.6) is 0 Å². The highest BCUT2D eigenvalue weighted by atomic mass is 35.5. The fraction of sp³-hybridized carbons (Fsp3) is 0.125. The third-order valence-corrected chi connectivity index (χ3v) is 2.89. The van der Waals surface area contributed by atoms with E-state index in [1.54, 1.807) is 6.08 Å². The Morgan fingerprint density at radius 2 is 1.68 bits per heavy atom. The molecule has 0 aliphatic heterocycles. The van der Waals surface area contributed by atoms with Crippen molar-refractivity contribution < 1.29 is 0 Å². The average Bonchev–Trinajstić information content (AvgIpc) is 2.46. The van der Waals surface area contributed by atoms with Gasteiger partial charge in [-0.1, -0.05) is 48.5 Å². The minimum atomic E-state index is -0.0897. The molecule has 0 heterocycles. The summed E-state index contributed by atoms with van der Waals surface area (Å²) in [6.45, 7) is 4.52. The third-order valence-electron chi connectivity index (χ3n) is 2.89. The molecule has 0 saturated carbocycles. The standard InChI is InChI=1S/C16H18N2.ClH/c1-2-16(17)14-8-10-15(11-9-14)18-12-13-6-4-3-5-7-13;/h2-11,16,18H,1,12,17H2;1H/t16-;/m0./s1. The zero-order valence-electron chi connectivity index (χ0n) is 10.8. The SMILES string of the molecule is C=C[C@H](N)c1ccc(NCc2ccccc2)cc1.Cl. The van der Waals surface area contributed by atoms with Gasteiger partial charge in [-0.2, -0.15) is 0 Å². The van der Waals surface area contributed by atoms with Gasteiger partial charge in [-0.25, -0.2) is 0 Å². The molecule has 0 spiro atoms. The smallest absolute Gasteiger partial charge is 0.0478 e. The van der Waals surface area contributed by atoms with E-state index in [1.165, 1.54) is 5.56 Å². The lowest BCUT2D eigenvalue weighted by Crippen LogP contribution is -2.06. The van der Waals surface area contributed by atoms with E-state index >= 15 is 0 Å². The molecular weight excluding hydrogens is 256 g/mol. The van der Waals surface area contributed by atoms with E-state index in [-0.39, 0.29) is 18.4 Å². The summed E-state index contributed by atoms with van der Waals surface area (Å²) in [6, 6.07) is 18.4. The van der Waals surface area contributed by atoms with Crippen molar-refractivity contribution in [1.29, 1.82) is 0 Å². The molecular formula is C16H19ClN2. The molecule has 3 N–H and O–H groups in total. The molecule has 3 heteroatoms. The first-order valence-electron chi connectivity index (χ1n) is 6.05. The van der Waals surface area contributed by atoms with Gasteiger partial charge in [0, 0.05) is 18.3 Å². The fourth-order valence-corrected chi connectivity index (χ4v) is 1.76. The van der Waals surface area contributed by atoms with Gasteiger partial charge in [-0.15, -0.1) is 19.0 Å². The van der Waals surface area contributed by atoms with Crippen LogP contribution in [-0.2, 0) is 6.54 Å². The predicted molar refractivity (Wildman–Crippen MR) is 84.6 cm³/mol. The maximum Gasteiger partial charge on any atom is 0.0478 e. The quantitative estimate of drug-likeness (QED) is 0.812. The summed E-state index contributed by atoms with van der Waals surface area (Å²) >= 11 is 0. The third kappa shape index (κ3) is 4.43. The Labute approximate surface area is 120 Å². The normalized spacial score (nSPS) is 11.2. The molecule has 0 aliphatic rings. The van der Waals surface area contributed by atoms with Crippen LogP contribution in [0.4, 0.5) is 5.69 Å². The van der Waals surface area contributed by atoms with Crippen LogP contribution in [0.1, 0.15) is 17.2 Å². The minimum Gasteiger partial charge on any atom is -0.381 e. The first kappa shape index (κ1) is 15.3. The van der Waals surface area contributed by atoms with Gasteiger partial charge in [0.05, 0.1) is 0 Å². The van der Waals surface area contributed by atoms with Crippen LogP contribution < -0.4 is 11.1 Å². The van der Waals surface area contributed by atoms with E-state index in [0.29, 0.717) is 0 Å². The minimum absolute atomic E-state index is 0. The van der Waals surface area contributed by atoms with E-state index in [0.717, 1.165) is 17.8 Å². The van der Waals surface area contributed by atoms with Crippen molar-refractivity contribution in [1.82, 2.24) is 0 Å². The van der Waals surface area contributed by atoms with Gasteiger partial charge in [-0.05, 0) is 23.3 Å². The zero-order valence-corrected chi connectivity index (χ0v) is 11.6. The summed E-state index contributed by atoms with van der Waals surface area (Å²) in [5.74, 6) is 0.